The maximum absolute atomic E-state index is 11.6. The van der Waals surface area contributed by atoms with Gasteiger partial charge >= 0.3 is 6.03 Å². The second kappa shape index (κ2) is 10.2. The van der Waals surface area contributed by atoms with E-state index in [2.05, 4.69) is 20.9 Å². The van der Waals surface area contributed by atoms with Crippen LogP contribution in [-0.4, -0.2) is 70.3 Å². The van der Waals surface area contributed by atoms with Crippen LogP contribution in [0.25, 0.3) is 0 Å². The molecule has 1 aromatic carbocycles. The zero-order valence-electron chi connectivity index (χ0n) is 16.6. The summed E-state index contributed by atoms with van der Waals surface area (Å²) in [6, 6.07) is 3.30. The normalized spacial score (nSPS) is 14.0. The molecule has 2 rings (SSSR count). The Hall–Kier alpha value is -3.17. The lowest BCUT2D eigenvalue weighted by Gasteiger charge is -2.16. The van der Waals surface area contributed by atoms with E-state index in [0.29, 0.717) is 42.8 Å². The lowest BCUT2D eigenvalue weighted by molar-refractivity contribution is -0.124. The number of methoxy groups -OCH3 is 3. The highest BCUT2D eigenvalue weighted by molar-refractivity contribution is 6.01. The molecule has 0 aliphatic carbocycles. The fourth-order valence-corrected chi connectivity index (χ4v) is 2.71. The highest BCUT2D eigenvalue weighted by Crippen LogP contribution is 2.38. The summed E-state index contributed by atoms with van der Waals surface area (Å²) in [4.78, 5) is 28.9. The number of urea groups is 1. The van der Waals surface area contributed by atoms with Crippen LogP contribution in [0.5, 0.6) is 17.2 Å². The number of hydrogen-bond donors (Lipinski definition) is 3. The van der Waals surface area contributed by atoms with Crippen molar-refractivity contribution >= 4 is 17.9 Å². The molecule has 0 atom stereocenters. The molecule has 1 aliphatic rings. The SMILES string of the molecule is CCNC(=NCc1cc(OC)c(OC)c(OC)c1)NCCN1C(=O)CNC1=O. The molecule has 0 bridgehead atoms. The van der Waals surface area contributed by atoms with Crippen LogP contribution < -0.4 is 30.2 Å². The molecule has 3 N–H and O–H groups in total. The van der Waals surface area contributed by atoms with Gasteiger partial charge in [-0.2, -0.15) is 0 Å². The van der Waals surface area contributed by atoms with E-state index in [4.69, 9.17) is 14.2 Å². The van der Waals surface area contributed by atoms with Gasteiger partial charge in [0.1, 0.15) is 0 Å². The van der Waals surface area contributed by atoms with Gasteiger partial charge in [-0.3, -0.25) is 9.69 Å². The van der Waals surface area contributed by atoms with Crippen molar-refractivity contribution in [1.29, 1.82) is 0 Å². The summed E-state index contributed by atoms with van der Waals surface area (Å²) < 4.78 is 16.0. The molecule has 1 aromatic rings. The first-order valence-corrected chi connectivity index (χ1v) is 8.93. The number of carbonyl (C=O) groups excluding carboxylic acids is 2. The number of ether oxygens (including phenoxy) is 3. The van der Waals surface area contributed by atoms with Crippen LogP contribution in [0.2, 0.25) is 0 Å². The van der Waals surface area contributed by atoms with E-state index in [1.54, 1.807) is 21.3 Å². The third kappa shape index (κ3) is 5.18. The number of hydrogen-bond acceptors (Lipinski definition) is 6. The Labute approximate surface area is 164 Å². The molecule has 1 heterocycles. The van der Waals surface area contributed by atoms with Gasteiger partial charge in [0.2, 0.25) is 11.7 Å². The van der Waals surface area contributed by atoms with E-state index in [1.165, 1.54) is 4.90 Å². The molecule has 28 heavy (non-hydrogen) atoms. The zero-order chi connectivity index (χ0) is 20.5. The second-order valence-corrected chi connectivity index (χ2v) is 5.86. The topological polar surface area (TPSA) is 114 Å². The number of nitrogens with zero attached hydrogens (tertiary/aromatic N) is 2. The van der Waals surface area contributed by atoms with Crippen LogP contribution in [0.4, 0.5) is 4.79 Å². The van der Waals surface area contributed by atoms with Gasteiger partial charge in [0.25, 0.3) is 0 Å². The van der Waals surface area contributed by atoms with Crippen molar-refractivity contribution in [2.45, 2.75) is 13.5 Å². The maximum atomic E-state index is 11.6. The van der Waals surface area contributed by atoms with Crippen molar-refractivity contribution in [1.82, 2.24) is 20.9 Å². The van der Waals surface area contributed by atoms with Crippen LogP contribution in [0, 0.1) is 0 Å². The van der Waals surface area contributed by atoms with E-state index < -0.39 is 0 Å². The molecular weight excluding hydrogens is 366 g/mol. The first kappa shape index (κ1) is 21.1. The minimum atomic E-state index is -0.369. The predicted molar refractivity (Wildman–Crippen MR) is 104 cm³/mol. The summed E-state index contributed by atoms with van der Waals surface area (Å²) in [6.45, 7) is 3.70. The van der Waals surface area contributed by atoms with Gasteiger partial charge in [0, 0.05) is 19.6 Å². The molecule has 0 spiro atoms. The summed E-state index contributed by atoms with van der Waals surface area (Å²) in [7, 11) is 4.67. The smallest absolute Gasteiger partial charge is 0.324 e. The monoisotopic (exact) mass is 393 g/mol. The molecule has 0 unspecified atom stereocenters. The van der Waals surface area contributed by atoms with Crippen molar-refractivity contribution in [2.24, 2.45) is 4.99 Å². The maximum Gasteiger partial charge on any atom is 0.324 e. The number of aliphatic imine (C=N–C) groups is 1. The zero-order valence-corrected chi connectivity index (χ0v) is 16.6. The summed E-state index contributed by atoms with van der Waals surface area (Å²) in [5.41, 5.74) is 0.876. The quantitative estimate of drug-likeness (QED) is 0.315. The van der Waals surface area contributed by atoms with Gasteiger partial charge < -0.3 is 30.2 Å². The fourth-order valence-electron chi connectivity index (χ4n) is 2.71. The van der Waals surface area contributed by atoms with Crippen molar-refractivity contribution in [2.75, 3.05) is 47.5 Å². The van der Waals surface area contributed by atoms with Crippen LogP contribution >= 0.6 is 0 Å². The van der Waals surface area contributed by atoms with Crippen molar-refractivity contribution < 1.29 is 23.8 Å². The van der Waals surface area contributed by atoms with Gasteiger partial charge in [-0.25, -0.2) is 9.79 Å². The number of benzene rings is 1. The lowest BCUT2D eigenvalue weighted by atomic mass is 10.2. The van der Waals surface area contributed by atoms with Crippen molar-refractivity contribution in [3.8, 4) is 17.2 Å². The molecule has 3 amide bonds. The molecule has 10 heteroatoms. The van der Waals surface area contributed by atoms with Gasteiger partial charge in [0.15, 0.2) is 17.5 Å². The van der Waals surface area contributed by atoms with E-state index in [0.717, 1.165) is 5.56 Å². The highest BCUT2D eigenvalue weighted by atomic mass is 16.5. The van der Waals surface area contributed by atoms with E-state index >= 15 is 0 Å². The van der Waals surface area contributed by atoms with E-state index in [9.17, 15) is 9.59 Å². The average Bonchev–Trinajstić information content (AvgIpc) is 3.02. The summed E-state index contributed by atoms with van der Waals surface area (Å²) in [5, 5.41) is 8.73. The standard InChI is InChI=1S/C18H27N5O5/c1-5-19-17(20-6-7-23-15(24)11-22-18(23)25)21-10-12-8-13(26-2)16(28-4)14(9-12)27-3/h8-9H,5-7,10-11H2,1-4H3,(H,22,25)(H2,19,20,21). The molecule has 1 fully saturated rings. The number of nitrogens with one attached hydrogen (secondary N) is 3. The molecule has 0 radical (unpaired) electrons. The Kier molecular flexibility index (Phi) is 7.73. The first-order chi connectivity index (χ1) is 13.5. The number of rotatable bonds is 9. The summed E-state index contributed by atoms with van der Waals surface area (Å²) in [5.74, 6) is 1.98. The molecule has 154 valence electrons. The molecule has 10 nitrogen and oxygen atoms in total. The van der Waals surface area contributed by atoms with Gasteiger partial charge in [-0.15, -0.1) is 0 Å². The second-order valence-electron chi connectivity index (χ2n) is 5.86. The Morgan fingerprint density at radius 2 is 1.82 bits per heavy atom. The molecule has 0 saturated carbocycles. The van der Waals surface area contributed by atoms with E-state index in [-0.39, 0.29) is 25.0 Å². The summed E-state index contributed by atoms with van der Waals surface area (Å²) >= 11 is 0. The third-order valence-electron chi connectivity index (χ3n) is 4.05. The highest BCUT2D eigenvalue weighted by Gasteiger charge is 2.27. The molecule has 0 aromatic heterocycles. The minimum absolute atomic E-state index is 0.0497. The lowest BCUT2D eigenvalue weighted by Crippen LogP contribution is -2.43. The fraction of sp³-hybridized carbons (Fsp3) is 0.500. The molecular formula is C18H27N5O5. The first-order valence-electron chi connectivity index (χ1n) is 8.93. The van der Waals surface area contributed by atoms with Gasteiger partial charge in [0.05, 0.1) is 34.4 Å². The van der Waals surface area contributed by atoms with Crippen molar-refractivity contribution in [3.05, 3.63) is 17.7 Å². The number of imide groups is 1. The number of carbonyl (C=O) groups is 2. The third-order valence-corrected chi connectivity index (χ3v) is 4.05. The number of amides is 3. The Bertz CT molecular complexity index is 696. The Morgan fingerprint density at radius 1 is 1.14 bits per heavy atom. The predicted octanol–water partition coefficient (Wildman–Crippen LogP) is 0.319. The summed E-state index contributed by atoms with van der Waals surface area (Å²) in [6.07, 6.45) is 0. The Morgan fingerprint density at radius 3 is 2.32 bits per heavy atom. The minimum Gasteiger partial charge on any atom is -0.493 e. The van der Waals surface area contributed by atoms with Crippen LogP contribution in [0.3, 0.4) is 0 Å². The largest absolute Gasteiger partial charge is 0.493 e. The van der Waals surface area contributed by atoms with Crippen LogP contribution in [-0.2, 0) is 11.3 Å². The van der Waals surface area contributed by atoms with Crippen LogP contribution in [0.1, 0.15) is 12.5 Å². The van der Waals surface area contributed by atoms with Crippen molar-refractivity contribution in [3.63, 3.8) is 0 Å². The van der Waals surface area contributed by atoms with E-state index in [1.807, 2.05) is 19.1 Å². The average molecular weight is 393 g/mol. The van der Waals surface area contributed by atoms with Gasteiger partial charge in [-0.1, -0.05) is 0 Å². The number of guanidine groups is 1. The molecule has 1 aliphatic heterocycles. The molecule has 1 saturated heterocycles. The Balaban J connectivity index is 2.03. The van der Waals surface area contributed by atoms with Crippen LogP contribution in [0.15, 0.2) is 17.1 Å². The van der Waals surface area contributed by atoms with Gasteiger partial charge in [-0.05, 0) is 24.6 Å².